The molecule has 0 saturated carbocycles. The van der Waals surface area contributed by atoms with Gasteiger partial charge in [-0.25, -0.2) is 4.98 Å². The number of aromatic nitrogens is 5. The van der Waals surface area contributed by atoms with Crippen molar-refractivity contribution in [2.45, 2.75) is 20.3 Å². The predicted molar refractivity (Wildman–Crippen MR) is 113 cm³/mol. The van der Waals surface area contributed by atoms with E-state index in [0.717, 1.165) is 45.8 Å². The third-order valence-corrected chi connectivity index (χ3v) is 4.98. The van der Waals surface area contributed by atoms with Crippen LogP contribution in [0.1, 0.15) is 19.7 Å². The highest BCUT2D eigenvalue weighted by Gasteiger charge is 2.13. The van der Waals surface area contributed by atoms with Crippen LogP contribution < -0.4 is 0 Å². The molecular formula is C23H21N5. The molecule has 0 bridgehead atoms. The molecule has 0 amide bonds. The smallest absolute Gasteiger partial charge is 0.181 e. The van der Waals surface area contributed by atoms with Crippen LogP contribution in [0.5, 0.6) is 0 Å². The first-order valence-electron chi connectivity index (χ1n) is 9.56. The number of H-pyrrole nitrogens is 2. The average molecular weight is 367 g/mol. The maximum absolute atomic E-state index is 4.66. The van der Waals surface area contributed by atoms with Gasteiger partial charge in [-0.1, -0.05) is 50.2 Å². The summed E-state index contributed by atoms with van der Waals surface area (Å²) < 4.78 is 0. The van der Waals surface area contributed by atoms with Crippen LogP contribution >= 0.6 is 0 Å². The summed E-state index contributed by atoms with van der Waals surface area (Å²) in [5.74, 6) is 2.19. The molecule has 0 fully saturated rings. The van der Waals surface area contributed by atoms with Gasteiger partial charge in [0.1, 0.15) is 5.82 Å². The highest BCUT2D eigenvalue weighted by atomic mass is 15.2. The standard InChI is InChI=1S/C23H21N5/c1-14(2)11-21-24-23(28-26-21)18-9-10-20-19(13-18)22(27-25-20)17-8-7-15-5-3-4-6-16(15)12-17/h3-10,12-14H,11H2,1-2H3,(H,25,27)(H,24,26,28). The van der Waals surface area contributed by atoms with Crippen molar-refractivity contribution in [3.05, 3.63) is 66.5 Å². The second-order valence-corrected chi connectivity index (χ2v) is 7.60. The van der Waals surface area contributed by atoms with Crippen molar-refractivity contribution >= 4 is 21.7 Å². The largest absolute Gasteiger partial charge is 0.277 e. The van der Waals surface area contributed by atoms with Gasteiger partial charge in [-0.3, -0.25) is 10.2 Å². The predicted octanol–water partition coefficient (Wildman–Crippen LogP) is 5.37. The van der Waals surface area contributed by atoms with Gasteiger partial charge in [-0.2, -0.15) is 10.2 Å². The van der Waals surface area contributed by atoms with Gasteiger partial charge in [0.2, 0.25) is 0 Å². The molecule has 0 unspecified atom stereocenters. The lowest BCUT2D eigenvalue weighted by molar-refractivity contribution is 0.622. The van der Waals surface area contributed by atoms with E-state index >= 15 is 0 Å². The Morgan fingerprint density at radius 3 is 2.50 bits per heavy atom. The molecule has 5 nitrogen and oxygen atoms in total. The highest BCUT2D eigenvalue weighted by Crippen LogP contribution is 2.31. The molecule has 0 spiro atoms. The zero-order valence-electron chi connectivity index (χ0n) is 15.9. The molecule has 2 N–H and O–H groups in total. The molecule has 2 heterocycles. The molecule has 5 aromatic rings. The Morgan fingerprint density at radius 1 is 0.821 bits per heavy atom. The molecule has 0 radical (unpaired) electrons. The Morgan fingerprint density at radius 2 is 1.64 bits per heavy atom. The van der Waals surface area contributed by atoms with Crippen LogP contribution in [0.2, 0.25) is 0 Å². The number of fused-ring (bicyclic) bond motifs is 2. The molecule has 138 valence electrons. The first-order chi connectivity index (χ1) is 13.7. The van der Waals surface area contributed by atoms with Crippen LogP contribution in [0.4, 0.5) is 0 Å². The van der Waals surface area contributed by atoms with Crippen LogP contribution in [0.15, 0.2) is 60.7 Å². The van der Waals surface area contributed by atoms with Crippen molar-refractivity contribution in [2.24, 2.45) is 5.92 Å². The number of hydrogen-bond donors (Lipinski definition) is 2. The Kier molecular flexibility index (Phi) is 3.93. The van der Waals surface area contributed by atoms with E-state index in [1.807, 2.05) is 12.1 Å². The molecule has 0 aliphatic carbocycles. The minimum atomic E-state index is 0.539. The van der Waals surface area contributed by atoms with Crippen molar-refractivity contribution < 1.29 is 0 Å². The fourth-order valence-corrected chi connectivity index (χ4v) is 3.61. The SMILES string of the molecule is CC(C)Cc1nc(-c2ccc3[nH]nc(-c4ccc5ccccc5c4)c3c2)n[nH]1. The third-order valence-electron chi connectivity index (χ3n) is 4.98. The lowest BCUT2D eigenvalue weighted by Gasteiger charge is -2.03. The van der Waals surface area contributed by atoms with E-state index in [1.165, 1.54) is 10.8 Å². The first-order valence-corrected chi connectivity index (χ1v) is 9.56. The Hall–Kier alpha value is -3.47. The summed E-state index contributed by atoms with van der Waals surface area (Å²) in [6, 6.07) is 21.0. The number of aromatic amines is 2. The van der Waals surface area contributed by atoms with Crippen LogP contribution in [-0.2, 0) is 6.42 Å². The summed E-state index contributed by atoms with van der Waals surface area (Å²) in [7, 11) is 0. The van der Waals surface area contributed by atoms with Gasteiger partial charge in [-0.15, -0.1) is 0 Å². The summed E-state index contributed by atoms with van der Waals surface area (Å²) in [6.45, 7) is 4.35. The van der Waals surface area contributed by atoms with Crippen molar-refractivity contribution in [3.63, 3.8) is 0 Å². The van der Waals surface area contributed by atoms with Crippen molar-refractivity contribution in [1.82, 2.24) is 25.4 Å². The molecule has 5 heteroatoms. The minimum Gasteiger partial charge on any atom is -0.277 e. The normalized spacial score (nSPS) is 11.7. The molecule has 5 rings (SSSR count). The van der Waals surface area contributed by atoms with E-state index in [2.05, 4.69) is 87.8 Å². The summed E-state index contributed by atoms with van der Waals surface area (Å²) in [5.41, 5.74) is 4.03. The van der Waals surface area contributed by atoms with E-state index in [0.29, 0.717) is 5.92 Å². The van der Waals surface area contributed by atoms with Crippen molar-refractivity contribution in [2.75, 3.05) is 0 Å². The molecule has 0 aliphatic rings. The average Bonchev–Trinajstić information content (AvgIpc) is 3.33. The number of benzene rings is 3. The summed E-state index contributed by atoms with van der Waals surface area (Å²) in [5, 5.41) is 18.7. The van der Waals surface area contributed by atoms with Crippen molar-refractivity contribution in [3.8, 4) is 22.6 Å². The molecule has 2 aromatic heterocycles. The van der Waals surface area contributed by atoms with E-state index in [-0.39, 0.29) is 0 Å². The maximum Gasteiger partial charge on any atom is 0.181 e. The van der Waals surface area contributed by atoms with Crippen molar-refractivity contribution in [1.29, 1.82) is 0 Å². The summed E-state index contributed by atoms with van der Waals surface area (Å²) >= 11 is 0. The van der Waals surface area contributed by atoms with E-state index < -0.39 is 0 Å². The number of hydrogen-bond acceptors (Lipinski definition) is 3. The van der Waals surface area contributed by atoms with Gasteiger partial charge in [0.15, 0.2) is 5.82 Å². The van der Waals surface area contributed by atoms with Gasteiger partial charge in [0.25, 0.3) is 0 Å². The van der Waals surface area contributed by atoms with Crippen LogP contribution in [0.3, 0.4) is 0 Å². The Balaban J connectivity index is 1.58. The second-order valence-electron chi connectivity index (χ2n) is 7.60. The number of nitrogens with zero attached hydrogens (tertiary/aromatic N) is 3. The lowest BCUT2D eigenvalue weighted by atomic mass is 10.0. The lowest BCUT2D eigenvalue weighted by Crippen LogP contribution is -1.95. The topological polar surface area (TPSA) is 70.2 Å². The quantitative estimate of drug-likeness (QED) is 0.449. The maximum atomic E-state index is 4.66. The van der Waals surface area contributed by atoms with E-state index in [4.69, 9.17) is 0 Å². The minimum absolute atomic E-state index is 0.539. The van der Waals surface area contributed by atoms with Gasteiger partial charge in [-0.05, 0) is 41.0 Å². The van der Waals surface area contributed by atoms with Crippen LogP contribution in [0.25, 0.3) is 44.3 Å². The van der Waals surface area contributed by atoms with Gasteiger partial charge in [0, 0.05) is 22.9 Å². The fraction of sp³-hybridized carbons (Fsp3) is 0.174. The summed E-state index contributed by atoms with van der Waals surface area (Å²) in [4.78, 5) is 4.66. The van der Waals surface area contributed by atoms with Gasteiger partial charge in [0.05, 0.1) is 11.2 Å². The third kappa shape index (κ3) is 2.95. The highest BCUT2D eigenvalue weighted by molar-refractivity contribution is 5.97. The zero-order valence-corrected chi connectivity index (χ0v) is 15.9. The second kappa shape index (κ2) is 6.60. The van der Waals surface area contributed by atoms with Gasteiger partial charge < -0.3 is 0 Å². The number of nitrogens with one attached hydrogen (secondary N) is 2. The zero-order chi connectivity index (χ0) is 19.1. The Labute approximate surface area is 162 Å². The van der Waals surface area contributed by atoms with E-state index in [1.54, 1.807) is 0 Å². The van der Waals surface area contributed by atoms with E-state index in [9.17, 15) is 0 Å². The monoisotopic (exact) mass is 367 g/mol. The molecule has 0 aliphatic heterocycles. The molecule has 0 atom stereocenters. The Bertz CT molecular complexity index is 1280. The molecule has 28 heavy (non-hydrogen) atoms. The van der Waals surface area contributed by atoms with Gasteiger partial charge >= 0.3 is 0 Å². The van der Waals surface area contributed by atoms with Crippen LogP contribution in [-0.4, -0.2) is 25.4 Å². The summed E-state index contributed by atoms with van der Waals surface area (Å²) in [6.07, 6.45) is 0.892. The molecular weight excluding hydrogens is 346 g/mol. The molecule has 0 saturated heterocycles. The van der Waals surface area contributed by atoms with Crippen LogP contribution in [0, 0.1) is 5.92 Å². The first kappa shape index (κ1) is 16.7. The number of rotatable bonds is 4. The molecule has 3 aromatic carbocycles. The fourth-order valence-electron chi connectivity index (χ4n) is 3.61.